The third-order valence-electron chi connectivity index (χ3n) is 1.77. The Balaban J connectivity index is 2.39. The Hall–Kier alpha value is -0.700. The number of aldehydes is 1. The van der Waals surface area contributed by atoms with Crippen molar-refractivity contribution in [3.63, 3.8) is 0 Å². The molecule has 56 valence electrons. The van der Waals surface area contributed by atoms with Crippen LogP contribution in [0.15, 0.2) is 0 Å². The molecule has 1 rings (SSSR count). The van der Waals surface area contributed by atoms with Gasteiger partial charge in [0, 0.05) is 31.8 Å². The van der Waals surface area contributed by atoms with Crippen LogP contribution in [-0.2, 0) is 9.59 Å². The molecule has 0 radical (unpaired) electrons. The Kier molecular flexibility index (Phi) is 2.57. The van der Waals surface area contributed by atoms with Crippen molar-refractivity contribution in [2.24, 2.45) is 5.92 Å². The number of rotatable bonds is 2. The van der Waals surface area contributed by atoms with E-state index in [-0.39, 0.29) is 11.7 Å². The van der Waals surface area contributed by atoms with Crippen LogP contribution in [0, 0.1) is 5.92 Å². The van der Waals surface area contributed by atoms with Crippen molar-refractivity contribution in [3.05, 3.63) is 0 Å². The third kappa shape index (κ3) is 1.64. The Morgan fingerprint density at radius 1 is 1.70 bits per heavy atom. The first-order chi connectivity index (χ1) is 4.84. The maximum atomic E-state index is 11.0. The molecule has 0 amide bonds. The number of piperidine rings is 1. The Labute approximate surface area is 59.8 Å². The van der Waals surface area contributed by atoms with Crippen LogP contribution >= 0.6 is 0 Å². The summed E-state index contributed by atoms with van der Waals surface area (Å²) in [5, 5.41) is 3.07. The molecular weight excluding hydrogens is 130 g/mol. The van der Waals surface area contributed by atoms with E-state index in [2.05, 4.69) is 5.32 Å². The third-order valence-corrected chi connectivity index (χ3v) is 1.77. The van der Waals surface area contributed by atoms with Gasteiger partial charge in [0.15, 0.2) is 0 Å². The Morgan fingerprint density at radius 2 is 2.50 bits per heavy atom. The Morgan fingerprint density at radius 3 is 3.10 bits per heavy atom. The monoisotopic (exact) mass is 141 g/mol. The first-order valence-electron chi connectivity index (χ1n) is 3.51. The molecule has 1 aliphatic rings. The molecule has 1 atom stereocenters. The van der Waals surface area contributed by atoms with Gasteiger partial charge < -0.3 is 10.1 Å². The molecule has 0 saturated carbocycles. The van der Waals surface area contributed by atoms with Crippen LogP contribution in [0.5, 0.6) is 0 Å². The number of carbonyl (C=O) groups excluding carboxylic acids is 2. The number of Topliss-reactive ketones (excluding diaryl/α,β-unsaturated/α-hetero) is 1. The summed E-state index contributed by atoms with van der Waals surface area (Å²) in [5.41, 5.74) is 0. The SMILES string of the molecule is O=CCC1CNCCC1=O. The number of nitrogens with one attached hydrogen (secondary N) is 1. The predicted octanol–water partition coefficient (Wildman–Crippen LogP) is -0.246. The minimum absolute atomic E-state index is 0.0498. The number of hydrogen-bond donors (Lipinski definition) is 1. The van der Waals surface area contributed by atoms with E-state index in [4.69, 9.17) is 0 Å². The molecule has 0 spiro atoms. The highest BCUT2D eigenvalue weighted by molar-refractivity contribution is 5.84. The van der Waals surface area contributed by atoms with Crippen LogP contribution in [0.4, 0.5) is 0 Å². The zero-order chi connectivity index (χ0) is 7.40. The second-order valence-corrected chi connectivity index (χ2v) is 2.52. The standard InChI is InChI=1S/C7H11NO2/c9-4-2-6-5-8-3-1-7(6)10/h4,6,8H,1-3,5H2. The van der Waals surface area contributed by atoms with Crippen molar-refractivity contribution in [2.75, 3.05) is 13.1 Å². The molecule has 3 nitrogen and oxygen atoms in total. The highest BCUT2D eigenvalue weighted by Gasteiger charge is 2.20. The lowest BCUT2D eigenvalue weighted by molar-refractivity contribution is -0.125. The number of hydrogen-bond acceptors (Lipinski definition) is 3. The minimum Gasteiger partial charge on any atom is -0.316 e. The van der Waals surface area contributed by atoms with Crippen LogP contribution < -0.4 is 5.32 Å². The summed E-state index contributed by atoms with van der Waals surface area (Å²) < 4.78 is 0. The van der Waals surface area contributed by atoms with Gasteiger partial charge in [-0.05, 0) is 0 Å². The summed E-state index contributed by atoms with van der Waals surface area (Å²) in [7, 11) is 0. The molecule has 1 fully saturated rings. The topological polar surface area (TPSA) is 46.2 Å². The van der Waals surface area contributed by atoms with Gasteiger partial charge in [-0.1, -0.05) is 0 Å². The second kappa shape index (κ2) is 3.46. The van der Waals surface area contributed by atoms with Gasteiger partial charge in [-0.25, -0.2) is 0 Å². The van der Waals surface area contributed by atoms with Crippen LogP contribution in [0.2, 0.25) is 0 Å². The predicted molar refractivity (Wildman–Crippen MR) is 36.7 cm³/mol. The molecule has 1 saturated heterocycles. The molecule has 0 aromatic carbocycles. The molecule has 1 heterocycles. The summed E-state index contributed by atoms with van der Waals surface area (Å²) in [6.07, 6.45) is 1.78. The Bertz CT molecular complexity index is 145. The maximum Gasteiger partial charge on any atom is 0.138 e. The molecule has 1 N–H and O–H groups in total. The van der Waals surface area contributed by atoms with E-state index in [0.717, 1.165) is 12.8 Å². The van der Waals surface area contributed by atoms with Crippen molar-refractivity contribution < 1.29 is 9.59 Å². The quantitative estimate of drug-likeness (QED) is 0.539. The van der Waals surface area contributed by atoms with Crippen LogP contribution in [0.25, 0.3) is 0 Å². The summed E-state index contributed by atoms with van der Waals surface area (Å²) in [5.74, 6) is 0.178. The van der Waals surface area contributed by atoms with Crippen LogP contribution in [0.3, 0.4) is 0 Å². The summed E-state index contributed by atoms with van der Waals surface area (Å²) in [4.78, 5) is 21.0. The van der Waals surface area contributed by atoms with Gasteiger partial charge in [-0.15, -0.1) is 0 Å². The normalized spacial score (nSPS) is 26.4. The van der Waals surface area contributed by atoms with E-state index < -0.39 is 0 Å². The maximum absolute atomic E-state index is 11.0. The van der Waals surface area contributed by atoms with E-state index in [1.54, 1.807) is 0 Å². The largest absolute Gasteiger partial charge is 0.316 e. The molecule has 3 heteroatoms. The smallest absolute Gasteiger partial charge is 0.138 e. The molecule has 10 heavy (non-hydrogen) atoms. The second-order valence-electron chi connectivity index (χ2n) is 2.52. The van der Waals surface area contributed by atoms with E-state index in [1.807, 2.05) is 0 Å². The number of carbonyl (C=O) groups is 2. The van der Waals surface area contributed by atoms with E-state index >= 15 is 0 Å². The highest BCUT2D eigenvalue weighted by atomic mass is 16.1. The zero-order valence-corrected chi connectivity index (χ0v) is 5.80. The first-order valence-corrected chi connectivity index (χ1v) is 3.51. The molecule has 1 unspecified atom stereocenters. The van der Waals surface area contributed by atoms with Crippen LogP contribution in [-0.4, -0.2) is 25.2 Å². The minimum atomic E-state index is -0.0498. The molecule has 0 aromatic heterocycles. The first kappa shape index (κ1) is 7.41. The summed E-state index contributed by atoms with van der Waals surface area (Å²) in [6.45, 7) is 1.45. The summed E-state index contributed by atoms with van der Waals surface area (Å²) >= 11 is 0. The van der Waals surface area contributed by atoms with Gasteiger partial charge in [0.1, 0.15) is 12.1 Å². The van der Waals surface area contributed by atoms with Gasteiger partial charge in [0.25, 0.3) is 0 Å². The average Bonchev–Trinajstić information content (AvgIpc) is 1.94. The molecule has 0 bridgehead atoms. The van der Waals surface area contributed by atoms with Gasteiger partial charge in [0.2, 0.25) is 0 Å². The van der Waals surface area contributed by atoms with E-state index in [9.17, 15) is 9.59 Å². The highest BCUT2D eigenvalue weighted by Crippen LogP contribution is 2.07. The molecule has 1 aliphatic heterocycles. The zero-order valence-electron chi connectivity index (χ0n) is 5.80. The average molecular weight is 141 g/mol. The van der Waals surface area contributed by atoms with Gasteiger partial charge >= 0.3 is 0 Å². The van der Waals surface area contributed by atoms with Crippen molar-refractivity contribution in [2.45, 2.75) is 12.8 Å². The molecule has 0 aliphatic carbocycles. The van der Waals surface area contributed by atoms with Crippen molar-refractivity contribution in [1.82, 2.24) is 5.32 Å². The van der Waals surface area contributed by atoms with Crippen molar-refractivity contribution in [1.29, 1.82) is 0 Å². The summed E-state index contributed by atoms with van der Waals surface area (Å²) in [6, 6.07) is 0. The lowest BCUT2D eigenvalue weighted by atomic mass is 9.95. The molecular formula is C7H11NO2. The van der Waals surface area contributed by atoms with E-state index in [1.165, 1.54) is 0 Å². The van der Waals surface area contributed by atoms with Gasteiger partial charge in [-0.2, -0.15) is 0 Å². The lowest BCUT2D eigenvalue weighted by Crippen LogP contribution is -2.36. The fraction of sp³-hybridized carbons (Fsp3) is 0.714. The fourth-order valence-electron chi connectivity index (χ4n) is 1.14. The molecule has 0 aromatic rings. The number of ketones is 1. The lowest BCUT2D eigenvalue weighted by Gasteiger charge is -2.18. The van der Waals surface area contributed by atoms with Gasteiger partial charge in [-0.3, -0.25) is 4.79 Å². The van der Waals surface area contributed by atoms with E-state index in [0.29, 0.717) is 19.4 Å². The van der Waals surface area contributed by atoms with Crippen LogP contribution in [0.1, 0.15) is 12.8 Å². The fourth-order valence-corrected chi connectivity index (χ4v) is 1.14. The van der Waals surface area contributed by atoms with Crippen molar-refractivity contribution >= 4 is 12.1 Å². The van der Waals surface area contributed by atoms with Crippen molar-refractivity contribution in [3.8, 4) is 0 Å². The van der Waals surface area contributed by atoms with Gasteiger partial charge in [0.05, 0.1) is 0 Å².